The van der Waals surface area contributed by atoms with Gasteiger partial charge < -0.3 is 26.1 Å². The van der Waals surface area contributed by atoms with Crippen molar-refractivity contribution < 1.29 is 41.1 Å². The zero-order valence-electron chi connectivity index (χ0n) is 18.0. The van der Waals surface area contributed by atoms with E-state index in [9.17, 15) is 31.5 Å². The van der Waals surface area contributed by atoms with Crippen molar-refractivity contribution in [1.82, 2.24) is 4.72 Å². The zero-order chi connectivity index (χ0) is 26.2. The molecule has 2 rings (SSSR count). The fourth-order valence-corrected chi connectivity index (χ4v) is 4.42. The number of halogens is 4. The molecule has 0 saturated heterocycles. The number of aliphatic carboxylic acids is 1. The van der Waals surface area contributed by atoms with E-state index in [1.807, 2.05) is 4.72 Å². The summed E-state index contributed by atoms with van der Waals surface area (Å²) < 4.78 is 71.6. The van der Waals surface area contributed by atoms with Crippen molar-refractivity contribution in [2.45, 2.75) is 30.0 Å². The third-order valence-electron chi connectivity index (χ3n) is 4.33. The largest absolute Gasteiger partial charge is 0.493 e. The molecule has 0 aliphatic heterocycles. The van der Waals surface area contributed by atoms with Crippen molar-refractivity contribution in [3.63, 3.8) is 0 Å². The van der Waals surface area contributed by atoms with Crippen molar-refractivity contribution in [2.24, 2.45) is 16.6 Å². The smallest absolute Gasteiger partial charge is 0.416 e. The minimum absolute atomic E-state index is 0.207. The number of nitrogens with one attached hydrogen (secondary N) is 1. The number of oxime groups is 1. The fraction of sp³-hybridized carbons (Fsp3) is 0.300. The van der Waals surface area contributed by atoms with Crippen LogP contribution in [0.15, 0.2) is 52.5 Å². The van der Waals surface area contributed by atoms with Gasteiger partial charge in [0.15, 0.2) is 0 Å². The Balaban J connectivity index is 2.05. The molecule has 0 amide bonds. The Morgan fingerprint density at radius 2 is 1.80 bits per heavy atom. The first-order valence-corrected chi connectivity index (χ1v) is 11.7. The summed E-state index contributed by atoms with van der Waals surface area (Å²) in [6.45, 7) is 0.487. The van der Waals surface area contributed by atoms with Crippen LogP contribution in [0.25, 0.3) is 0 Å². The van der Waals surface area contributed by atoms with Crippen LogP contribution in [0.2, 0.25) is 5.02 Å². The predicted octanol–water partition coefficient (Wildman–Crippen LogP) is 2.31. The minimum Gasteiger partial charge on any atom is -0.493 e. The molecule has 15 heteroatoms. The van der Waals surface area contributed by atoms with Crippen molar-refractivity contribution in [3.05, 3.63) is 58.6 Å². The summed E-state index contributed by atoms with van der Waals surface area (Å²) in [4.78, 5) is 15.6. The van der Waals surface area contributed by atoms with Crippen LogP contribution in [-0.4, -0.2) is 44.7 Å². The average molecular weight is 539 g/mol. The Morgan fingerprint density at radius 3 is 2.37 bits per heavy atom. The second kappa shape index (κ2) is 12.0. The van der Waals surface area contributed by atoms with Gasteiger partial charge in [0.1, 0.15) is 23.3 Å². The van der Waals surface area contributed by atoms with Gasteiger partial charge in [-0.15, -0.1) is 0 Å². The number of sulfonamides is 1. The first-order valence-electron chi connectivity index (χ1n) is 9.84. The summed E-state index contributed by atoms with van der Waals surface area (Å²) in [5, 5.41) is 12.3. The summed E-state index contributed by atoms with van der Waals surface area (Å²) in [6, 6.07) is 6.20. The molecule has 0 spiro atoms. The van der Waals surface area contributed by atoms with Crippen molar-refractivity contribution in [1.29, 1.82) is 0 Å². The van der Waals surface area contributed by atoms with E-state index in [0.717, 1.165) is 6.07 Å². The SMILES string of the molecule is NC(N)=NOCCCOc1ccc(C[C@H](NS(=O)(=O)c2cc(C(F)(F)F)ccc2Cl)C(=O)O)cc1. The summed E-state index contributed by atoms with van der Waals surface area (Å²) in [5.74, 6) is -1.28. The quantitative estimate of drug-likeness (QED) is 0.138. The topological polar surface area (TPSA) is 166 Å². The Labute approximate surface area is 203 Å². The third-order valence-corrected chi connectivity index (χ3v) is 6.28. The summed E-state index contributed by atoms with van der Waals surface area (Å²) in [5.41, 5.74) is 9.40. The molecule has 192 valence electrons. The molecule has 10 nitrogen and oxygen atoms in total. The predicted molar refractivity (Wildman–Crippen MR) is 120 cm³/mol. The highest BCUT2D eigenvalue weighted by Gasteiger charge is 2.34. The Bertz CT molecular complexity index is 1160. The van der Waals surface area contributed by atoms with Gasteiger partial charge in [0.2, 0.25) is 16.0 Å². The van der Waals surface area contributed by atoms with E-state index in [4.69, 9.17) is 32.6 Å². The lowest BCUT2D eigenvalue weighted by Crippen LogP contribution is -2.42. The molecule has 0 radical (unpaired) electrons. The van der Waals surface area contributed by atoms with Crippen LogP contribution in [0.4, 0.5) is 13.2 Å². The maximum atomic E-state index is 13.0. The first-order chi connectivity index (χ1) is 16.3. The number of carboxylic acids is 1. The molecule has 1 atom stereocenters. The molecule has 6 N–H and O–H groups in total. The molecule has 0 aromatic heterocycles. The van der Waals surface area contributed by atoms with E-state index >= 15 is 0 Å². The van der Waals surface area contributed by atoms with Crippen molar-refractivity contribution in [3.8, 4) is 5.75 Å². The molecule has 0 bridgehead atoms. The van der Waals surface area contributed by atoms with E-state index in [0.29, 0.717) is 29.9 Å². The molecule has 0 aliphatic rings. The monoisotopic (exact) mass is 538 g/mol. The molecule has 2 aromatic carbocycles. The van der Waals surface area contributed by atoms with E-state index < -0.39 is 43.7 Å². The normalized spacial score (nSPS) is 12.6. The van der Waals surface area contributed by atoms with Crippen LogP contribution in [0.3, 0.4) is 0 Å². The van der Waals surface area contributed by atoms with Gasteiger partial charge in [0.05, 0.1) is 17.2 Å². The number of carboxylic acid groups (broad SMARTS) is 1. The number of guanidine groups is 1. The number of hydrogen-bond acceptors (Lipinski definition) is 6. The van der Waals surface area contributed by atoms with Gasteiger partial charge in [-0.2, -0.15) is 17.9 Å². The van der Waals surface area contributed by atoms with Gasteiger partial charge in [-0.05, 0) is 47.5 Å². The van der Waals surface area contributed by atoms with E-state index in [1.165, 1.54) is 12.1 Å². The lowest BCUT2D eigenvalue weighted by atomic mass is 10.1. The van der Waals surface area contributed by atoms with Crippen LogP contribution in [0.5, 0.6) is 5.75 Å². The lowest BCUT2D eigenvalue weighted by molar-refractivity contribution is -0.139. The molecular formula is C20H22ClF3N4O6S. The van der Waals surface area contributed by atoms with E-state index in [1.54, 1.807) is 12.1 Å². The van der Waals surface area contributed by atoms with Crippen LogP contribution in [0, 0.1) is 0 Å². The molecule has 0 unspecified atom stereocenters. The van der Waals surface area contributed by atoms with Gasteiger partial charge in [-0.3, -0.25) is 4.79 Å². The molecular weight excluding hydrogens is 517 g/mol. The minimum atomic E-state index is -4.82. The van der Waals surface area contributed by atoms with Crippen LogP contribution in [-0.2, 0) is 32.3 Å². The number of ether oxygens (including phenoxy) is 1. The molecule has 35 heavy (non-hydrogen) atoms. The Kier molecular flexibility index (Phi) is 9.56. The molecule has 0 saturated carbocycles. The molecule has 2 aromatic rings. The molecule has 0 heterocycles. The lowest BCUT2D eigenvalue weighted by Gasteiger charge is -2.17. The molecule has 0 fully saturated rings. The second-order valence-corrected chi connectivity index (χ2v) is 9.14. The first kappa shape index (κ1) is 28.0. The summed E-state index contributed by atoms with van der Waals surface area (Å²) in [6.07, 6.45) is -4.64. The van der Waals surface area contributed by atoms with Gasteiger partial charge in [-0.25, -0.2) is 8.42 Å². The van der Waals surface area contributed by atoms with Gasteiger partial charge in [0, 0.05) is 6.42 Å². The number of alkyl halides is 3. The number of carbonyl (C=O) groups is 1. The molecule has 0 aliphatic carbocycles. The summed E-state index contributed by atoms with van der Waals surface area (Å²) in [7, 11) is -4.70. The maximum Gasteiger partial charge on any atom is 0.416 e. The Morgan fingerprint density at radius 1 is 1.14 bits per heavy atom. The van der Waals surface area contributed by atoms with Crippen LogP contribution in [0.1, 0.15) is 17.5 Å². The van der Waals surface area contributed by atoms with Gasteiger partial charge in [-0.1, -0.05) is 23.7 Å². The van der Waals surface area contributed by atoms with Crippen LogP contribution < -0.4 is 20.9 Å². The highest BCUT2D eigenvalue weighted by molar-refractivity contribution is 7.89. The standard InChI is InChI=1S/C20H22ClF3N4O6S/c21-15-7-4-13(20(22,23)24)11-17(15)35(31,32)28-16(18(29)30)10-12-2-5-14(6-3-12)33-8-1-9-34-27-19(25)26/h2-7,11,16,28H,1,8-10H2,(H,29,30)(H4,25,26,27)/t16-/m0/s1. The maximum absolute atomic E-state index is 13.0. The average Bonchev–Trinajstić information content (AvgIpc) is 2.75. The number of hydrogen-bond donors (Lipinski definition) is 4. The second-order valence-electron chi connectivity index (χ2n) is 7.05. The van der Waals surface area contributed by atoms with Gasteiger partial charge in [0.25, 0.3) is 0 Å². The third kappa shape index (κ3) is 8.81. The van der Waals surface area contributed by atoms with Crippen molar-refractivity contribution in [2.75, 3.05) is 13.2 Å². The van der Waals surface area contributed by atoms with Crippen molar-refractivity contribution >= 4 is 33.6 Å². The van der Waals surface area contributed by atoms with Crippen LogP contribution >= 0.6 is 11.6 Å². The van der Waals surface area contributed by atoms with Gasteiger partial charge >= 0.3 is 12.1 Å². The number of nitrogens with two attached hydrogens (primary N) is 2. The number of benzene rings is 2. The van der Waals surface area contributed by atoms with E-state index in [2.05, 4.69) is 5.16 Å². The highest BCUT2D eigenvalue weighted by atomic mass is 35.5. The zero-order valence-corrected chi connectivity index (χ0v) is 19.5. The summed E-state index contributed by atoms with van der Waals surface area (Å²) >= 11 is 5.78. The highest BCUT2D eigenvalue weighted by Crippen LogP contribution is 2.33. The number of rotatable bonds is 12. The fourth-order valence-electron chi connectivity index (χ4n) is 2.71. The number of nitrogens with zero attached hydrogens (tertiary/aromatic N) is 1. The van der Waals surface area contributed by atoms with E-state index in [-0.39, 0.29) is 25.6 Å². The Hall–Kier alpha value is -3.23.